The van der Waals surface area contributed by atoms with Crippen LogP contribution in [0.15, 0.2) is 51.9 Å². The molecule has 4 aromatic rings. The summed E-state index contributed by atoms with van der Waals surface area (Å²) in [5.41, 5.74) is 3.97. The number of rotatable bonds is 7. The van der Waals surface area contributed by atoms with Crippen molar-refractivity contribution in [3.05, 3.63) is 64.5 Å². The number of nitrogens with one attached hydrogen (secondary N) is 3. The van der Waals surface area contributed by atoms with E-state index in [9.17, 15) is 13.6 Å². The number of hydrogen-bond acceptors (Lipinski definition) is 9. The summed E-state index contributed by atoms with van der Waals surface area (Å²) in [4.78, 5) is 24.7. The van der Waals surface area contributed by atoms with E-state index in [1.54, 1.807) is 49.8 Å². The standard InChI is InChI=1S/C19H19N7O4S/c1-11-8-21-18(24-14-4-3-13(20-9-14)10-22-31(28)29)25-17(11)23-12-5-6-16-15(7-12)26(2)19(27)30-16/h3-9,22H,10H2,1-2H3,(H,28,29)(H2,21,23,24,25)/p-1. The van der Waals surface area contributed by atoms with Crippen molar-refractivity contribution < 1.29 is 13.2 Å². The Morgan fingerprint density at radius 2 is 1.94 bits per heavy atom. The molecule has 0 aliphatic carbocycles. The van der Waals surface area contributed by atoms with Gasteiger partial charge in [-0.1, -0.05) is 0 Å². The van der Waals surface area contributed by atoms with E-state index in [-0.39, 0.29) is 6.54 Å². The molecule has 31 heavy (non-hydrogen) atoms. The zero-order chi connectivity index (χ0) is 22.0. The van der Waals surface area contributed by atoms with Crippen LogP contribution < -0.4 is 21.1 Å². The molecule has 0 aliphatic rings. The van der Waals surface area contributed by atoms with Crippen LogP contribution in [-0.4, -0.2) is 28.3 Å². The first-order chi connectivity index (χ1) is 14.9. The van der Waals surface area contributed by atoms with Crippen LogP contribution in [-0.2, 0) is 24.9 Å². The lowest BCUT2D eigenvalue weighted by atomic mass is 10.2. The Morgan fingerprint density at radius 1 is 1.13 bits per heavy atom. The molecule has 0 radical (unpaired) electrons. The molecule has 3 aromatic heterocycles. The summed E-state index contributed by atoms with van der Waals surface area (Å²) in [6.07, 6.45) is 3.24. The van der Waals surface area contributed by atoms with E-state index in [1.165, 1.54) is 4.57 Å². The largest absolute Gasteiger partial charge is 0.760 e. The van der Waals surface area contributed by atoms with Gasteiger partial charge in [0.15, 0.2) is 5.58 Å². The monoisotopic (exact) mass is 440 g/mol. The van der Waals surface area contributed by atoms with Gasteiger partial charge in [0.2, 0.25) is 5.95 Å². The number of hydrogen-bond donors (Lipinski definition) is 3. The zero-order valence-corrected chi connectivity index (χ0v) is 17.4. The van der Waals surface area contributed by atoms with E-state index in [0.717, 1.165) is 11.3 Å². The van der Waals surface area contributed by atoms with E-state index in [4.69, 9.17) is 4.42 Å². The second-order valence-electron chi connectivity index (χ2n) is 6.68. The highest BCUT2D eigenvalue weighted by atomic mass is 32.2. The third-order valence-corrected chi connectivity index (χ3v) is 4.86. The summed E-state index contributed by atoms with van der Waals surface area (Å²) in [6, 6.07) is 8.77. The van der Waals surface area contributed by atoms with E-state index < -0.39 is 17.0 Å². The predicted molar refractivity (Wildman–Crippen MR) is 115 cm³/mol. The van der Waals surface area contributed by atoms with Crippen molar-refractivity contribution in [2.45, 2.75) is 13.5 Å². The maximum atomic E-state index is 11.7. The Kier molecular flexibility index (Phi) is 5.75. The van der Waals surface area contributed by atoms with Crippen LogP contribution in [0, 0.1) is 6.92 Å². The zero-order valence-electron chi connectivity index (χ0n) is 16.6. The van der Waals surface area contributed by atoms with Crippen LogP contribution in [0.3, 0.4) is 0 Å². The van der Waals surface area contributed by atoms with Crippen molar-refractivity contribution in [1.29, 1.82) is 0 Å². The minimum Gasteiger partial charge on any atom is -0.760 e. The van der Waals surface area contributed by atoms with Gasteiger partial charge >= 0.3 is 5.76 Å². The number of aromatic nitrogens is 4. The summed E-state index contributed by atoms with van der Waals surface area (Å²) < 4.78 is 30.0. The molecular formula is C19H18N7O4S-. The Labute approximate surface area is 179 Å². The molecule has 0 saturated carbocycles. The number of anilines is 4. The fourth-order valence-electron chi connectivity index (χ4n) is 2.83. The van der Waals surface area contributed by atoms with Gasteiger partial charge in [-0.2, -0.15) is 4.98 Å². The first-order valence-corrected chi connectivity index (χ1v) is 10.2. The molecule has 0 amide bonds. The third-order valence-electron chi connectivity index (χ3n) is 4.48. The summed E-state index contributed by atoms with van der Waals surface area (Å²) in [5, 5.41) is 6.30. The number of fused-ring (bicyclic) bond motifs is 1. The van der Waals surface area contributed by atoms with Crippen molar-refractivity contribution in [3.63, 3.8) is 0 Å². The van der Waals surface area contributed by atoms with Gasteiger partial charge in [-0.25, -0.2) is 14.5 Å². The fourth-order valence-corrected chi connectivity index (χ4v) is 3.10. The lowest BCUT2D eigenvalue weighted by molar-refractivity contribution is 0.522. The van der Waals surface area contributed by atoms with E-state index >= 15 is 0 Å². The van der Waals surface area contributed by atoms with Crippen LogP contribution in [0.25, 0.3) is 11.1 Å². The lowest BCUT2D eigenvalue weighted by Gasteiger charge is -2.11. The predicted octanol–water partition coefficient (Wildman–Crippen LogP) is 2.00. The molecule has 1 aromatic carbocycles. The minimum atomic E-state index is -2.34. The van der Waals surface area contributed by atoms with Crippen molar-refractivity contribution >= 4 is 45.5 Å². The average Bonchev–Trinajstić information content (AvgIpc) is 3.03. The van der Waals surface area contributed by atoms with Crippen LogP contribution in [0.1, 0.15) is 11.3 Å². The molecule has 4 rings (SSSR count). The van der Waals surface area contributed by atoms with Gasteiger partial charge in [0.05, 0.1) is 23.1 Å². The molecule has 0 saturated heterocycles. The smallest absolute Gasteiger partial charge is 0.419 e. The van der Waals surface area contributed by atoms with E-state index in [1.807, 2.05) is 6.92 Å². The van der Waals surface area contributed by atoms with Crippen molar-refractivity contribution in [1.82, 2.24) is 24.2 Å². The second kappa shape index (κ2) is 8.63. The SMILES string of the molecule is Cc1cnc(Nc2ccc(CNS(=O)[O-])nc2)nc1Nc1ccc2oc(=O)n(C)c2c1. The van der Waals surface area contributed by atoms with Crippen LogP contribution >= 0.6 is 0 Å². The van der Waals surface area contributed by atoms with Crippen LogP contribution in [0.4, 0.5) is 23.1 Å². The van der Waals surface area contributed by atoms with Crippen LogP contribution in [0.2, 0.25) is 0 Å². The first-order valence-electron chi connectivity index (χ1n) is 9.14. The molecule has 0 bridgehead atoms. The Morgan fingerprint density at radius 3 is 2.68 bits per heavy atom. The van der Waals surface area contributed by atoms with Gasteiger partial charge in [0.1, 0.15) is 5.82 Å². The Hall–Kier alpha value is -3.61. The number of nitrogens with zero attached hydrogens (tertiary/aromatic N) is 4. The quantitative estimate of drug-likeness (QED) is 0.367. The van der Waals surface area contributed by atoms with E-state index in [2.05, 4.69) is 30.3 Å². The van der Waals surface area contributed by atoms with Gasteiger partial charge < -0.3 is 19.6 Å². The van der Waals surface area contributed by atoms with Gasteiger partial charge in [0, 0.05) is 42.3 Å². The minimum absolute atomic E-state index is 0.109. The van der Waals surface area contributed by atoms with Crippen LogP contribution in [0.5, 0.6) is 0 Å². The molecule has 12 heteroatoms. The van der Waals surface area contributed by atoms with Crippen molar-refractivity contribution in [2.24, 2.45) is 7.05 Å². The Bertz CT molecular complexity index is 1320. The second-order valence-corrected chi connectivity index (χ2v) is 7.44. The van der Waals surface area contributed by atoms with Gasteiger partial charge in [-0.15, -0.1) is 0 Å². The summed E-state index contributed by atoms with van der Waals surface area (Å²) >= 11 is -2.34. The molecule has 11 nitrogen and oxygen atoms in total. The summed E-state index contributed by atoms with van der Waals surface area (Å²) in [6.45, 7) is 1.99. The maximum absolute atomic E-state index is 11.7. The topological polar surface area (TPSA) is 150 Å². The molecule has 160 valence electrons. The van der Waals surface area contributed by atoms with Gasteiger partial charge in [0.25, 0.3) is 0 Å². The third kappa shape index (κ3) is 4.77. The maximum Gasteiger partial charge on any atom is 0.419 e. The van der Waals surface area contributed by atoms with Crippen molar-refractivity contribution in [2.75, 3.05) is 10.6 Å². The highest BCUT2D eigenvalue weighted by molar-refractivity contribution is 7.77. The molecular weight excluding hydrogens is 422 g/mol. The number of benzene rings is 1. The molecule has 3 heterocycles. The summed E-state index contributed by atoms with van der Waals surface area (Å²) in [7, 11) is 1.64. The van der Waals surface area contributed by atoms with Gasteiger partial charge in [-0.05, 0) is 37.3 Å². The highest BCUT2D eigenvalue weighted by Crippen LogP contribution is 2.23. The van der Waals surface area contributed by atoms with Crippen molar-refractivity contribution in [3.8, 4) is 0 Å². The molecule has 0 fully saturated rings. The molecule has 0 spiro atoms. The normalized spacial score (nSPS) is 12.1. The number of oxazole rings is 1. The average molecular weight is 440 g/mol. The molecule has 3 N–H and O–H groups in total. The molecule has 1 atom stereocenters. The highest BCUT2D eigenvalue weighted by Gasteiger charge is 2.09. The lowest BCUT2D eigenvalue weighted by Crippen LogP contribution is -2.16. The summed E-state index contributed by atoms with van der Waals surface area (Å²) in [5.74, 6) is 0.531. The first kappa shape index (κ1) is 20.7. The van der Waals surface area contributed by atoms with E-state index in [0.29, 0.717) is 34.2 Å². The molecule has 1 unspecified atom stereocenters. The molecule has 0 aliphatic heterocycles. The number of aryl methyl sites for hydroxylation is 2. The fraction of sp³-hybridized carbons (Fsp3) is 0.158. The van der Waals surface area contributed by atoms with Gasteiger partial charge in [-0.3, -0.25) is 13.8 Å². The number of pyridine rings is 1. The Balaban J connectivity index is 1.51.